The summed E-state index contributed by atoms with van der Waals surface area (Å²) in [5, 5.41) is 3.42. The van der Waals surface area contributed by atoms with E-state index in [1.54, 1.807) is 4.90 Å². The second kappa shape index (κ2) is 14.1. The Labute approximate surface area is 335 Å². The third kappa shape index (κ3) is 7.12. The zero-order chi connectivity index (χ0) is 40.0. The van der Waals surface area contributed by atoms with Crippen molar-refractivity contribution in [2.45, 2.75) is 141 Å². The smallest absolute Gasteiger partial charge is 0.410 e. The van der Waals surface area contributed by atoms with E-state index in [1.807, 2.05) is 20.8 Å². The highest BCUT2D eigenvalue weighted by atomic mass is 19.1. The van der Waals surface area contributed by atoms with Crippen molar-refractivity contribution in [1.29, 1.82) is 0 Å². The molecule has 2 aromatic carbocycles. The number of benzene rings is 2. The first-order chi connectivity index (χ1) is 27.1. The van der Waals surface area contributed by atoms with Gasteiger partial charge in [-0.3, -0.25) is 9.59 Å². The molecule has 57 heavy (non-hydrogen) atoms. The van der Waals surface area contributed by atoms with Crippen molar-refractivity contribution in [3.8, 4) is 0 Å². The number of primary amides is 2. The minimum atomic E-state index is -0.569. The first-order valence-corrected chi connectivity index (χ1v) is 21.6. The van der Waals surface area contributed by atoms with Gasteiger partial charge in [0.1, 0.15) is 17.2 Å². The molecule has 2 atom stereocenters. The fourth-order valence-corrected chi connectivity index (χ4v) is 11.4. The monoisotopic (exact) mass is 780 g/mol. The van der Waals surface area contributed by atoms with Crippen LogP contribution in [-0.4, -0.2) is 54.6 Å². The Balaban J connectivity index is 0.000000153. The van der Waals surface area contributed by atoms with Crippen molar-refractivity contribution < 1.29 is 27.9 Å². The number of carbonyl (C=O) groups is 3. The van der Waals surface area contributed by atoms with Crippen molar-refractivity contribution in [2.24, 2.45) is 22.3 Å². The minimum Gasteiger partial charge on any atom is -0.444 e. The maximum atomic E-state index is 15.7. The van der Waals surface area contributed by atoms with Gasteiger partial charge < -0.3 is 26.4 Å². The van der Waals surface area contributed by atoms with Crippen LogP contribution in [0.1, 0.15) is 177 Å². The van der Waals surface area contributed by atoms with Gasteiger partial charge in [-0.1, -0.05) is 11.1 Å². The molecular formula is C47H58F2N4O4. The number of fused-ring (bicyclic) bond motifs is 4. The maximum absolute atomic E-state index is 15.7. The van der Waals surface area contributed by atoms with Gasteiger partial charge >= 0.3 is 6.09 Å². The molecule has 3 amide bonds. The Morgan fingerprint density at radius 1 is 0.772 bits per heavy atom. The van der Waals surface area contributed by atoms with Crippen LogP contribution in [0.5, 0.6) is 0 Å². The van der Waals surface area contributed by atoms with Gasteiger partial charge in [-0.2, -0.15) is 0 Å². The van der Waals surface area contributed by atoms with E-state index in [-0.39, 0.29) is 29.6 Å². The molecule has 2 saturated carbocycles. The van der Waals surface area contributed by atoms with E-state index in [0.29, 0.717) is 47.0 Å². The largest absolute Gasteiger partial charge is 0.444 e. The highest BCUT2D eigenvalue weighted by Crippen LogP contribution is 2.63. The SMILES string of the molecule is CC(C)(C)OC(=O)N1CCCC(c2c(F)cc(C(N)=O)c3c2C2=C(CCC4(CC4)C2)C3)C1.NC(=O)c1cc(F)c(C2CCCNC2)c2c1CC1=C2CC2(CC1)CC2. The summed E-state index contributed by atoms with van der Waals surface area (Å²) in [6.45, 7) is 8.45. The molecule has 2 heterocycles. The van der Waals surface area contributed by atoms with E-state index >= 15 is 8.78 Å². The molecule has 0 radical (unpaired) electrons. The molecule has 6 aliphatic carbocycles. The highest BCUT2D eigenvalue weighted by molar-refractivity contribution is 5.99. The molecule has 10 rings (SSSR count). The van der Waals surface area contributed by atoms with Gasteiger partial charge in [0, 0.05) is 47.8 Å². The van der Waals surface area contributed by atoms with Crippen molar-refractivity contribution in [3.63, 3.8) is 0 Å². The number of amides is 3. The molecule has 8 aliphatic rings. The van der Waals surface area contributed by atoms with E-state index in [9.17, 15) is 14.4 Å². The van der Waals surface area contributed by atoms with Crippen molar-refractivity contribution in [1.82, 2.24) is 10.2 Å². The summed E-state index contributed by atoms with van der Waals surface area (Å²) in [5.41, 5.74) is 23.2. The molecule has 8 nitrogen and oxygen atoms in total. The fraction of sp³-hybridized carbons (Fsp3) is 0.596. The molecular weight excluding hydrogens is 723 g/mol. The van der Waals surface area contributed by atoms with Crippen LogP contribution in [0.2, 0.25) is 0 Å². The Bertz CT molecular complexity index is 2130. The zero-order valence-electron chi connectivity index (χ0n) is 33.9. The summed E-state index contributed by atoms with van der Waals surface area (Å²) in [6.07, 6.45) is 16.6. The molecule has 0 aromatic heterocycles. The molecule has 4 fully saturated rings. The van der Waals surface area contributed by atoms with Crippen LogP contribution in [0.3, 0.4) is 0 Å². The van der Waals surface area contributed by atoms with Crippen LogP contribution in [0.15, 0.2) is 23.3 Å². The number of likely N-dealkylation sites (tertiary alicyclic amines) is 1. The first kappa shape index (κ1) is 38.5. The number of nitrogens with two attached hydrogens (primary N) is 2. The molecule has 2 saturated heterocycles. The second-order valence-corrected chi connectivity index (χ2v) is 19.8. The Morgan fingerprint density at radius 2 is 1.28 bits per heavy atom. The normalized spacial score (nSPS) is 25.0. The lowest BCUT2D eigenvalue weighted by Crippen LogP contribution is -2.42. The lowest BCUT2D eigenvalue weighted by atomic mass is 9.78. The van der Waals surface area contributed by atoms with Crippen LogP contribution >= 0.6 is 0 Å². The van der Waals surface area contributed by atoms with Crippen molar-refractivity contribution in [3.05, 3.63) is 79.4 Å². The Kier molecular flexibility index (Phi) is 9.49. The number of nitrogens with one attached hydrogen (secondary N) is 1. The standard InChI is InChI=1S/C26H33FN2O3.C21H25FN2O/c1-25(2,3)32-24(31)29-10-4-5-16(14-29)21-20(27)12-18(23(28)30)17-11-15-6-7-26(8-9-26)13-19(15)22(17)21;22-17-9-15(20(23)25)14-8-12-3-4-21(5-6-21)10-16(12)19(14)18(17)13-2-1-7-24-11-13/h12,16H,4-11,13-14H2,1-3H3,(H2,28,30);9,13,24H,1-8,10-11H2,(H2,23,25). The van der Waals surface area contributed by atoms with Crippen LogP contribution in [0, 0.1) is 22.5 Å². The van der Waals surface area contributed by atoms with Gasteiger partial charge in [-0.05, 0) is 192 Å². The van der Waals surface area contributed by atoms with Gasteiger partial charge in [0.05, 0.1) is 0 Å². The molecule has 10 heteroatoms. The number of carbonyl (C=O) groups excluding carboxylic acids is 3. The van der Waals surface area contributed by atoms with Crippen LogP contribution < -0.4 is 16.8 Å². The third-order valence-corrected chi connectivity index (χ3v) is 14.7. The average Bonchev–Trinajstić information content (AvgIpc) is 4.04. The minimum absolute atomic E-state index is 0.115. The second-order valence-electron chi connectivity index (χ2n) is 19.8. The summed E-state index contributed by atoms with van der Waals surface area (Å²) >= 11 is 0. The third-order valence-electron chi connectivity index (χ3n) is 14.7. The highest BCUT2D eigenvalue weighted by Gasteiger charge is 2.49. The van der Waals surface area contributed by atoms with E-state index < -0.39 is 17.4 Å². The number of hydrogen-bond acceptors (Lipinski definition) is 5. The molecule has 0 bridgehead atoms. The summed E-state index contributed by atoms with van der Waals surface area (Å²) in [7, 11) is 0. The molecule has 5 N–H and O–H groups in total. The van der Waals surface area contributed by atoms with Crippen molar-refractivity contribution in [2.75, 3.05) is 26.2 Å². The lowest BCUT2D eigenvalue weighted by molar-refractivity contribution is 0.0197. The quantitative estimate of drug-likeness (QED) is 0.286. The predicted octanol–water partition coefficient (Wildman–Crippen LogP) is 8.98. The number of rotatable bonds is 4. The van der Waals surface area contributed by atoms with E-state index in [1.165, 1.54) is 73.0 Å². The molecule has 304 valence electrons. The van der Waals surface area contributed by atoms with Crippen LogP contribution in [0.4, 0.5) is 13.6 Å². The number of halogens is 2. The maximum Gasteiger partial charge on any atom is 0.410 e. The van der Waals surface area contributed by atoms with Gasteiger partial charge in [-0.15, -0.1) is 0 Å². The number of hydrogen-bond donors (Lipinski definition) is 3. The summed E-state index contributed by atoms with van der Waals surface area (Å²) in [6, 6.07) is 2.75. The van der Waals surface area contributed by atoms with E-state index in [0.717, 1.165) is 98.7 Å². The number of ether oxygens (including phenoxy) is 1. The summed E-state index contributed by atoms with van der Waals surface area (Å²) in [5.74, 6) is -1.57. The van der Waals surface area contributed by atoms with Crippen molar-refractivity contribution >= 4 is 29.1 Å². The van der Waals surface area contributed by atoms with Crippen LogP contribution in [-0.2, 0) is 17.6 Å². The molecule has 2 aromatic rings. The molecule has 2 unspecified atom stereocenters. The lowest BCUT2D eigenvalue weighted by Gasteiger charge is -2.35. The van der Waals surface area contributed by atoms with E-state index in [4.69, 9.17) is 16.2 Å². The molecule has 2 spiro atoms. The van der Waals surface area contributed by atoms with Gasteiger partial charge in [-0.25, -0.2) is 13.6 Å². The molecule has 2 aliphatic heterocycles. The Morgan fingerprint density at radius 3 is 1.74 bits per heavy atom. The van der Waals surface area contributed by atoms with Gasteiger partial charge in [0.2, 0.25) is 11.8 Å². The van der Waals surface area contributed by atoms with Crippen LogP contribution in [0.25, 0.3) is 11.1 Å². The van der Waals surface area contributed by atoms with Gasteiger partial charge in [0.15, 0.2) is 0 Å². The Hall–Kier alpha value is -4.05. The fourth-order valence-electron chi connectivity index (χ4n) is 11.4. The van der Waals surface area contributed by atoms with Gasteiger partial charge in [0.25, 0.3) is 0 Å². The number of piperidine rings is 2. The first-order valence-electron chi connectivity index (χ1n) is 21.6. The summed E-state index contributed by atoms with van der Waals surface area (Å²) in [4.78, 5) is 38.6. The topological polar surface area (TPSA) is 128 Å². The predicted molar refractivity (Wildman–Crippen MR) is 217 cm³/mol. The zero-order valence-corrected chi connectivity index (χ0v) is 33.9. The number of nitrogens with zero attached hydrogens (tertiary/aromatic N) is 1. The summed E-state index contributed by atoms with van der Waals surface area (Å²) < 4.78 is 36.4. The van der Waals surface area contributed by atoms with E-state index in [2.05, 4.69) is 5.32 Å². The number of allylic oxidation sites excluding steroid dienone is 4. The average molecular weight is 781 g/mol.